The van der Waals surface area contributed by atoms with Gasteiger partial charge in [-0.1, -0.05) is 48.5 Å². The molecule has 31 heavy (non-hydrogen) atoms. The van der Waals surface area contributed by atoms with Crippen molar-refractivity contribution in [2.24, 2.45) is 0 Å². The van der Waals surface area contributed by atoms with E-state index in [1.807, 2.05) is 36.4 Å². The van der Waals surface area contributed by atoms with Gasteiger partial charge in [0.25, 0.3) is 11.8 Å². The average Bonchev–Trinajstić information content (AvgIpc) is 3.37. The molecule has 1 atom stereocenters. The third-order valence-electron chi connectivity index (χ3n) is 4.66. The Hall–Kier alpha value is -4.26. The minimum absolute atomic E-state index is 0.124. The summed E-state index contributed by atoms with van der Waals surface area (Å²) in [5.41, 5.74) is 1.61. The normalized spacial score (nSPS) is 11.5. The quantitative estimate of drug-likeness (QED) is 0.499. The lowest BCUT2D eigenvalue weighted by molar-refractivity contribution is -0.123. The van der Waals surface area contributed by atoms with Crippen molar-refractivity contribution in [3.8, 4) is 0 Å². The molecule has 0 aliphatic carbocycles. The van der Waals surface area contributed by atoms with E-state index in [0.29, 0.717) is 18.0 Å². The number of amides is 2. The first kappa shape index (κ1) is 20.0. The van der Waals surface area contributed by atoms with Gasteiger partial charge in [0.05, 0.1) is 12.5 Å². The maximum atomic E-state index is 13.5. The number of nitrogens with zero attached hydrogens (tertiary/aromatic N) is 3. The first-order valence-electron chi connectivity index (χ1n) is 9.73. The van der Waals surface area contributed by atoms with Crippen LogP contribution in [0.1, 0.15) is 27.9 Å². The lowest BCUT2D eigenvalue weighted by Gasteiger charge is -2.29. The summed E-state index contributed by atoms with van der Waals surface area (Å²) in [6, 6.07) is 20.8. The third-order valence-corrected chi connectivity index (χ3v) is 4.66. The molecule has 0 aliphatic rings. The minimum atomic E-state index is -1.03. The van der Waals surface area contributed by atoms with Crippen molar-refractivity contribution in [2.75, 3.05) is 4.90 Å². The molecule has 2 amide bonds. The summed E-state index contributed by atoms with van der Waals surface area (Å²) in [5.74, 6) is -0.498. The van der Waals surface area contributed by atoms with Crippen LogP contribution in [0.2, 0.25) is 0 Å². The van der Waals surface area contributed by atoms with E-state index in [0.717, 1.165) is 5.56 Å². The maximum absolute atomic E-state index is 13.5. The molecule has 2 aromatic carbocycles. The molecule has 0 spiro atoms. The Morgan fingerprint density at radius 2 is 1.68 bits per heavy atom. The van der Waals surface area contributed by atoms with Crippen LogP contribution in [-0.4, -0.2) is 21.8 Å². The Bertz CT molecular complexity index is 1120. The van der Waals surface area contributed by atoms with Gasteiger partial charge in [-0.3, -0.25) is 19.5 Å². The molecule has 0 saturated heterocycles. The van der Waals surface area contributed by atoms with Gasteiger partial charge < -0.3 is 9.73 Å². The van der Waals surface area contributed by atoms with Crippen molar-refractivity contribution in [1.82, 2.24) is 15.3 Å². The molecule has 0 bridgehead atoms. The largest absolute Gasteiger partial charge is 0.467 e. The SMILES string of the molecule is O=C(NCc1ccccc1)[C@@H](c1ccco1)N(C(=O)c1cnccn1)c1ccccc1. The molecule has 0 radical (unpaired) electrons. The standard InChI is InChI=1S/C24H20N4O3/c29-23(27-16-18-8-3-1-4-9-18)22(21-12-7-15-31-21)28(19-10-5-2-6-11-19)24(30)20-17-25-13-14-26-20/h1-15,17,22H,16H2,(H,27,29)/t22-/m1/s1. The van der Waals surface area contributed by atoms with Gasteiger partial charge in [0, 0.05) is 24.6 Å². The Morgan fingerprint density at radius 1 is 0.935 bits per heavy atom. The summed E-state index contributed by atoms with van der Waals surface area (Å²) >= 11 is 0. The van der Waals surface area contributed by atoms with Gasteiger partial charge in [-0.25, -0.2) is 4.98 Å². The van der Waals surface area contributed by atoms with Crippen molar-refractivity contribution in [2.45, 2.75) is 12.6 Å². The van der Waals surface area contributed by atoms with Crippen LogP contribution in [0.4, 0.5) is 5.69 Å². The second-order valence-electron chi connectivity index (χ2n) is 6.72. The lowest BCUT2D eigenvalue weighted by Crippen LogP contribution is -2.44. The summed E-state index contributed by atoms with van der Waals surface area (Å²) in [6.07, 6.45) is 5.77. The molecule has 0 saturated carbocycles. The van der Waals surface area contributed by atoms with Gasteiger partial charge in [0.1, 0.15) is 11.5 Å². The van der Waals surface area contributed by atoms with Crippen molar-refractivity contribution in [3.63, 3.8) is 0 Å². The number of aromatic nitrogens is 2. The summed E-state index contributed by atoms with van der Waals surface area (Å²) < 4.78 is 5.57. The summed E-state index contributed by atoms with van der Waals surface area (Å²) in [6.45, 7) is 0.318. The van der Waals surface area contributed by atoms with E-state index in [1.165, 1.54) is 29.8 Å². The molecule has 4 rings (SSSR count). The number of carbonyl (C=O) groups excluding carboxylic acids is 2. The van der Waals surface area contributed by atoms with E-state index in [2.05, 4.69) is 15.3 Å². The smallest absolute Gasteiger partial charge is 0.279 e. The van der Waals surface area contributed by atoms with E-state index < -0.39 is 11.9 Å². The highest BCUT2D eigenvalue weighted by molar-refractivity contribution is 6.08. The van der Waals surface area contributed by atoms with Crippen molar-refractivity contribution >= 4 is 17.5 Å². The Kier molecular flexibility index (Phi) is 6.13. The van der Waals surface area contributed by atoms with Gasteiger partial charge in [-0.15, -0.1) is 0 Å². The van der Waals surface area contributed by atoms with E-state index in [-0.39, 0.29) is 11.6 Å². The molecular formula is C24H20N4O3. The van der Waals surface area contributed by atoms with Crippen LogP contribution >= 0.6 is 0 Å². The fourth-order valence-corrected chi connectivity index (χ4v) is 3.21. The molecule has 0 unspecified atom stereocenters. The van der Waals surface area contributed by atoms with Crippen LogP contribution < -0.4 is 10.2 Å². The van der Waals surface area contributed by atoms with Crippen LogP contribution in [0, 0.1) is 0 Å². The zero-order chi connectivity index (χ0) is 21.5. The number of hydrogen-bond acceptors (Lipinski definition) is 5. The van der Waals surface area contributed by atoms with E-state index in [9.17, 15) is 9.59 Å². The van der Waals surface area contributed by atoms with Gasteiger partial charge in [-0.2, -0.15) is 0 Å². The first-order valence-corrected chi connectivity index (χ1v) is 9.73. The van der Waals surface area contributed by atoms with Crippen molar-refractivity contribution < 1.29 is 14.0 Å². The van der Waals surface area contributed by atoms with E-state index in [4.69, 9.17) is 4.42 Å². The average molecular weight is 412 g/mol. The maximum Gasteiger partial charge on any atom is 0.279 e. The summed E-state index contributed by atoms with van der Waals surface area (Å²) in [5, 5.41) is 2.92. The van der Waals surface area contributed by atoms with Gasteiger partial charge in [0.15, 0.2) is 6.04 Å². The molecular weight excluding hydrogens is 392 g/mol. The third kappa shape index (κ3) is 4.67. The molecule has 154 valence electrons. The zero-order valence-corrected chi connectivity index (χ0v) is 16.6. The molecule has 4 aromatic rings. The highest BCUT2D eigenvalue weighted by Crippen LogP contribution is 2.29. The van der Waals surface area contributed by atoms with Gasteiger partial charge >= 0.3 is 0 Å². The van der Waals surface area contributed by atoms with Crippen LogP contribution in [0.3, 0.4) is 0 Å². The second kappa shape index (κ2) is 9.49. The number of furan rings is 1. The number of benzene rings is 2. The summed E-state index contributed by atoms with van der Waals surface area (Å²) in [4.78, 5) is 36.3. The number of carbonyl (C=O) groups is 2. The Labute approximate surface area is 179 Å². The molecule has 2 aromatic heterocycles. The predicted octanol–water partition coefficient (Wildman–Crippen LogP) is 3.77. The molecule has 0 fully saturated rings. The number of hydrogen-bond donors (Lipinski definition) is 1. The molecule has 1 N–H and O–H groups in total. The fraction of sp³-hybridized carbons (Fsp3) is 0.0833. The number of anilines is 1. The monoisotopic (exact) mass is 412 g/mol. The Balaban J connectivity index is 1.72. The first-order chi connectivity index (χ1) is 15.2. The highest BCUT2D eigenvalue weighted by Gasteiger charge is 2.35. The topological polar surface area (TPSA) is 88.3 Å². The zero-order valence-electron chi connectivity index (χ0n) is 16.6. The molecule has 2 heterocycles. The lowest BCUT2D eigenvalue weighted by atomic mass is 10.1. The van der Waals surface area contributed by atoms with Crippen LogP contribution in [-0.2, 0) is 11.3 Å². The van der Waals surface area contributed by atoms with Crippen LogP contribution in [0.25, 0.3) is 0 Å². The fourth-order valence-electron chi connectivity index (χ4n) is 3.21. The summed E-state index contributed by atoms with van der Waals surface area (Å²) in [7, 11) is 0. The van der Waals surface area contributed by atoms with Crippen molar-refractivity contribution in [3.05, 3.63) is 115 Å². The van der Waals surface area contributed by atoms with Crippen LogP contribution in [0.5, 0.6) is 0 Å². The van der Waals surface area contributed by atoms with Gasteiger partial charge in [0.2, 0.25) is 0 Å². The molecule has 7 nitrogen and oxygen atoms in total. The molecule has 0 aliphatic heterocycles. The number of nitrogens with one attached hydrogen (secondary N) is 1. The van der Waals surface area contributed by atoms with E-state index >= 15 is 0 Å². The molecule has 7 heteroatoms. The second-order valence-corrected chi connectivity index (χ2v) is 6.72. The van der Waals surface area contributed by atoms with Crippen LogP contribution in [0.15, 0.2) is 102 Å². The Morgan fingerprint density at radius 3 is 2.32 bits per heavy atom. The number of rotatable bonds is 7. The number of para-hydroxylation sites is 1. The van der Waals surface area contributed by atoms with E-state index in [1.54, 1.807) is 36.4 Å². The predicted molar refractivity (Wildman–Crippen MR) is 115 cm³/mol. The van der Waals surface area contributed by atoms with Crippen molar-refractivity contribution in [1.29, 1.82) is 0 Å². The minimum Gasteiger partial charge on any atom is -0.467 e. The van der Waals surface area contributed by atoms with Gasteiger partial charge in [-0.05, 0) is 29.8 Å². The highest BCUT2D eigenvalue weighted by atomic mass is 16.3.